The monoisotopic (exact) mass is 393 g/mol. The Morgan fingerprint density at radius 3 is 2.03 bits per heavy atom. The first kappa shape index (κ1) is 18.2. The van der Waals surface area contributed by atoms with E-state index in [4.69, 9.17) is 4.74 Å². The van der Waals surface area contributed by atoms with E-state index < -0.39 is 0 Å². The highest BCUT2D eigenvalue weighted by Crippen LogP contribution is 2.33. The highest BCUT2D eigenvalue weighted by atomic mass is 16.5. The number of aromatic nitrogens is 2. The molecule has 3 aliphatic rings. The SMILES string of the molecule is O=C1c2ccccc2C(=O)N1CC1(CN2CCN(c3ncccn3)CC2)COC1. The average Bonchev–Trinajstić information content (AvgIpc) is 2.98. The molecular weight excluding hydrogens is 370 g/mol. The second-order valence-corrected chi connectivity index (χ2v) is 8.05. The van der Waals surface area contributed by atoms with Gasteiger partial charge in [0.2, 0.25) is 5.95 Å². The third-order valence-electron chi connectivity index (χ3n) is 5.95. The lowest BCUT2D eigenvalue weighted by molar-refractivity contribution is -0.132. The molecule has 150 valence electrons. The predicted molar refractivity (Wildman–Crippen MR) is 106 cm³/mol. The van der Waals surface area contributed by atoms with Gasteiger partial charge in [0.15, 0.2) is 0 Å². The number of hydrogen-bond donors (Lipinski definition) is 0. The van der Waals surface area contributed by atoms with Crippen LogP contribution in [0.15, 0.2) is 42.7 Å². The van der Waals surface area contributed by atoms with Crippen molar-refractivity contribution in [3.05, 3.63) is 53.9 Å². The van der Waals surface area contributed by atoms with Crippen LogP contribution in [0.3, 0.4) is 0 Å². The molecule has 0 spiro atoms. The van der Waals surface area contributed by atoms with E-state index in [2.05, 4.69) is 19.8 Å². The van der Waals surface area contributed by atoms with Crippen LogP contribution in [0.1, 0.15) is 20.7 Å². The second kappa shape index (κ2) is 7.20. The number of fused-ring (bicyclic) bond motifs is 1. The van der Waals surface area contributed by atoms with Gasteiger partial charge in [0.1, 0.15) is 0 Å². The van der Waals surface area contributed by atoms with E-state index in [1.54, 1.807) is 36.7 Å². The maximum Gasteiger partial charge on any atom is 0.261 e. The Morgan fingerprint density at radius 2 is 1.48 bits per heavy atom. The molecule has 8 nitrogen and oxygen atoms in total. The zero-order chi connectivity index (χ0) is 19.8. The molecule has 0 unspecified atom stereocenters. The molecule has 0 N–H and O–H groups in total. The summed E-state index contributed by atoms with van der Waals surface area (Å²) in [7, 11) is 0. The number of ether oxygens (including phenoxy) is 1. The van der Waals surface area contributed by atoms with Crippen molar-refractivity contribution >= 4 is 17.8 Å². The van der Waals surface area contributed by atoms with Gasteiger partial charge in [0.05, 0.1) is 24.3 Å². The number of hydrogen-bond acceptors (Lipinski definition) is 7. The summed E-state index contributed by atoms with van der Waals surface area (Å²) >= 11 is 0. The number of imide groups is 1. The minimum Gasteiger partial charge on any atom is -0.380 e. The number of carbonyl (C=O) groups excluding carboxylic acids is 2. The third kappa shape index (κ3) is 3.28. The van der Waals surface area contributed by atoms with E-state index >= 15 is 0 Å². The Labute approximate surface area is 169 Å². The fourth-order valence-corrected chi connectivity index (χ4v) is 4.38. The molecule has 0 saturated carbocycles. The number of rotatable bonds is 5. The number of anilines is 1. The molecule has 2 saturated heterocycles. The van der Waals surface area contributed by atoms with Gasteiger partial charge in [-0.05, 0) is 18.2 Å². The van der Waals surface area contributed by atoms with E-state index in [1.807, 2.05) is 6.07 Å². The standard InChI is InChI=1S/C21H23N5O3/c27-18-16-4-1-2-5-17(16)19(28)26(18)13-21(14-29-15-21)12-24-8-10-25(11-9-24)20-22-6-3-7-23-20/h1-7H,8-15H2. The Morgan fingerprint density at radius 1 is 0.862 bits per heavy atom. The molecule has 1 aromatic carbocycles. The molecular formula is C21H23N5O3. The number of carbonyl (C=O) groups is 2. The van der Waals surface area contributed by atoms with Crippen LogP contribution in [0.5, 0.6) is 0 Å². The van der Waals surface area contributed by atoms with Gasteiger partial charge in [-0.1, -0.05) is 12.1 Å². The van der Waals surface area contributed by atoms with Gasteiger partial charge >= 0.3 is 0 Å². The molecule has 0 bridgehead atoms. The highest BCUT2D eigenvalue weighted by Gasteiger charge is 2.47. The van der Waals surface area contributed by atoms with Crippen LogP contribution in [0, 0.1) is 5.41 Å². The Hall–Kier alpha value is -2.84. The topological polar surface area (TPSA) is 78.9 Å². The first-order valence-corrected chi connectivity index (χ1v) is 9.93. The highest BCUT2D eigenvalue weighted by molar-refractivity contribution is 6.21. The number of amides is 2. The third-order valence-corrected chi connectivity index (χ3v) is 5.95. The molecule has 1 aromatic heterocycles. The second-order valence-electron chi connectivity index (χ2n) is 8.05. The Kier molecular flexibility index (Phi) is 4.52. The van der Waals surface area contributed by atoms with Crippen molar-refractivity contribution in [1.29, 1.82) is 0 Å². The zero-order valence-electron chi connectivity index (χ0n) is 16.2. The molecule has 0 radical (unpaired) electrons. The van der Waals surface area contributed by atoms with Crippen LogP contribution in [0.2, 0.25) is 0 Å². The average molecular weight is 393 g/mol. The largest absolute Gasteiger partial charge is 0.380 e. The van der Waals surface area contributed by atoms with E-state index in [0.717, 1.165) is 38.7 Å². The zero-order valence-corrected chi connectivity index (χ0v) is 16.2. The molecule has 5 rings (SSSR count). The van der Waals surface area contributed by atoms with Crippen molar-refractivity contribution < 1.29 is 14.3 Å². The van der Waals surface area contributed by atoms with Crippen molar-refractivity contribution in [2.24, 2.45) is 5.41 Å². The first-order valence-electron chi connectivity index (χ1n) is 9.93. The van der Waals surface area contributed by atoms with E-state index in [9.17, 15) is 9.59 Å². The minimum atomic E-state index is -0.196. The van der Waals surface area contributed by atoms with E-state index in [1.165, 1.54) is 4.90 Å². The summed E-state index contributed by atoms with van der Waals surface area (Å²) in [4.78, 5) is 40.1. The summed E-state index contributed by atoms with van der Waals surface area (Å²) in [6, 6.07) is 8.87. The number of benzene rings is 1. The van der Waals surface area contributed by atoms with Crippen LogP contribution in [0.4, 0.5) is 5.95 Å². The molecule has 0 atom stereocenters. The van der Waals surface area contributed by atoms with Gasteiger partial charge in [-0.3, -0.25) is 19.4 Å². The predicted octanol–water partition coefficient (Wildman–Crippen LogP) is 0.911. The summed E-state index contributed by atoms with van der Waals surface area (Å²) in [5, 5.41) is 0. The van der Waals surface area contributed by atoms with Crippen LogP contribution in [0.25, 0.3) is 0 Å². The first-order chi connectivity index (χ1) is 14.2. The molecule has 4 heterocycles. The van der Waals surface area contributed by atoms with Crippen LogP contribution < -0.4 is 4.90 Å². The normalized spacial score (nSPS) is 21.2. The van der Waals surface area contributed by atoms with Gasteiger partial charge < -0.3 is 9.64 Å². The van der Waals surface area contributed by atoms with E-state index in [0.29, 0.717) is 30.9 Å². The van der Waals surface area contributed by atoms with Gasteiger partial charge in [-0.2, -0.15) is 0 Å². The van der Waals surface area contributed by atoms with Crippen molar-refractivity contribution in [2.45, 2.75) is 0 Å². The van der Waals surface area contributed by atoms with Crippen LogP contribution in [-0.2, 0) is 4.74 Å². The maximum atomic E-state index is 12.7. The molecule has 29 heavy (non-hydrogen) atoms. The Balaban J connectivity index is 1.23. The van der Waals surface area contributed by atoms with E-state index in [-0.39, 0.29) is 17.2 Å². The molecule has 2 amide bonds. The van der Waals surface area contributed by atoms with Gasteiger partial charge in [0, 0.05) is 57.1 Å². The van der Waals surface area contributed by atoms with Gasteiger partial charge in [-0.15, -0.1) is 0 Å². The lowest BCUT2D eigenvalue weighted by Crippen LogP contribution is -2.60. The smallest absolute Gasteiger partial charge is 0.261 e. The fraction of sp³-hybridized carbons (Fsp3) is 0.429. The molecule has 0 aliphatic carbocycles. The fourth-order valence-electron chi connectivity index (χ4n) is 4.38. The van der Waals surface area contributed by atoms with Crippen molar-refractivity contribution in [2.75, 3.05) is 57.4 Å². The summed E-state index contributed by atoms with van der Waals surface area (Å²) in [6.45, 7) is 5.85. The number of nitrogens with zero attached hydrogens (tertiary/aromatic N) is 5. The quantitative estimate of drug-likeness (QED) is 0.699. The van der Waals surface area contributed by atoms with Crippen molar-refractivity contribution in [3.63, 3.8) is 0 Å². The summed E-state index contributed by atoms with van der Waals surface area (Å²) < 4.78 is 5.52. The van der Waals surface area contributed by atoms with Gasteiger partial charge in [-0.25, -0.2) is 9.97 Å². The lowest BCUT2D eigenvalue weighted by Gasteiger charge is -2.47. The molecule has 2 fully saturated rings. The number of piperazine rings is 1. The molecule has 2 aromatic rings. The summed E-state index contributed by atoms with van der Waals surface area (Å²) in [5.41, 5.74) is 0.812. The summed E-state index contributed by atoms with van der Waals surface area (Å²) in [6.07, 6.45) is 3.52. The molecule has 8 heteroatoms. The Bertz CT molecular complexity index is 888. The van der Waals surface area contributed by atoms with Crippen LogP contribution >= 0.6 is 0 Å². The summed E-state index contributed by atoms with van der Waals surface area (Å²) in [5.74, 6) is 0.380. The van der Waals surface area contributed by atoms with Crippen molar-refractivity contribution in [3.8, 4) is 0 Å². The maximum absolute atomic E-state index is 12.7. The van der Waals surface area contributed by atoms with Crippen LogP contribution in [-0.4, -0.2) is 84.1 Å². The lowest BCUT2D eigenvalue weighted by atomic mass is 9.84. The van der Waals surface area contributed by atoms with Crippen molar-refractivity contribution in [1.82, 2.24) is 19.8 Å². The minimum absolute atomic E-state index is 0.192. The van der Waals surface area contributed by atoms with Gasteiger partial charge in [0.25, 0.3) is 11.8 Å². The molecule has 3 aliphatic heterocycles.